The molecule has 0 heterocycles. The Hall–Kier alpha value is -1.17. The van der Waals surface area contributed by atoms with Gasteiger partial charge in [-0.1, -0.05) is 51.6 Å². The molecule has 1 aromatic carbocycles. The number of aryl methyl sites for hydroxylation is 1. The fourth-order valence-corrected chi connectivity index (χ4v) is 3.73. The Labute approximate surface area is 171 Å². The van der Waals surface area contributed by atoms with Crippen LogP contribution in [0.25, 0.3) is 0 Å². The van der Waals surface area contributed by atoms with Crippen molar-refractivity contribution in [1.82, 2.24) is 0 Å². The van der Waals surface area contributed by atoms with Crippen molar-refractivity contribution in [2.75, 3.05) is 33.0 Å². The predicted octanol–water partition coefficient (Wildman–Crippen LogP) is 4.17. The zero-order chi connectivity index (χ0) is 21.3. The van der Waals surface area contributed by atoms with Gasteiger partial charge in [-0.2, -0.15) is 8.42 Å². The Morgan fingerprint density at radius 2 is 1.46 bits per heavy atom. The van der Waals surface area contributed by atoms with E-state index in [1.807, 2.05) is 6.92 Å². The van der Waals surface area contributed by atoms with Crippen LogP contribution in [0.4, 0.5) is 0 Å². The Kier molecular flexibility index (Phi) is 9.88. The molecule has 5 nitrogen and oxygen atoms in total. The highest BCUT2D eigenvalue weighted by molar-refractivity contribution is 7.86. The molecule has 0 saturated carbocycles. The van der Waals surface area contributed by atoms with Crippen LogP contribution in [0.3, 0.4) is 0 Å². The van der Waals surface area contributed by atoms with E-state index in [0.717, 1.165) is 5.56 Å². The molecule has 0 aliphatic rings. The molecular formula is C21H34O5SSi. The van der Waals surface area contributed by atoms with E-state index in [-0.39, 0.29) is 23.1 Å². The van der Waals surface area contributed by atoms with E-state index < -0.39 is 18.2 Å². The summed E-state index contributed by atoms with van der Waals surface area (Å²) in [6.45, 7) is 14.8. The highest BCUT2D eigenvalue weighted by Gasteiger charge is 2.33. The fourth-order valence-electron chi connectivity index (χ4n) is 1.89. The molecule has 28 heavy (non-hydrogen) atoms. The largest absolute Gasteiger partial charge is 0.378 e. The molecule has 0 unspecified atom stereocenters. The van der Waals surface area contributed by atoms with Crippen LogP contribution in [0, 0.1) is 18.4 Å². The summed E-state index contributed by atoms with van der Waals surface area (Å²) in [6.07, 6.45) is 0.713. The van der Waals surface area contributed by atoms with Gasteiger partial charge in [-0.3, -0.25) is 4.18 Å². The molecule has 0 aliphatic heterocycles. The van der Waals surface area contributed by atoms with E-state index in [2.05, 4.69) is 45.3 Å². The molecule has 0 spiro atoms. The fraction of sp³-hybridized carbons (Fsp3) is 0.619. The summed E-state index contributed by atoms with van der Waals surface area (Å²) in [7, 11) is -5.27. The Morgan fingerprint density at radius 3 is 2.04 bits per heavy atom. The van der Waals surface area contributed by atoms with Gasteiger partial charge in [0.15, 0.2) is 0 Å². The molecule has 0 bridgehead atoms. The van der Waals surface area contributed by atoms with Crippen LogP contribution >= 0.6 is 0 Å². The Balaban J connectivity index is 2.12. The maximum Gasteiger partial charge on any atom is 0.297 e. The first-order valence-electron chi connectivity index (χ1n) is 9.57. The molecular weight excluding hydrogens is 392 g/mol. The number of ether oxygens (including phenoxy) is 2. The number of benzene rings is 1. The highest BCUT2D eigenvalue weighted by Crippen LogP contribution is 2.35. The standard InChI is InChI=1S/C21H34O5SSi/c1-19-9-11-20(12-10-19)27(22,23)26-17-16-25-15-14-24-13-7-8-18-28(5,6)21(2,3)4/h9-12H,7,13-17H2,1-6H3. The number of hydrogen-bond acceptors (Lipinski definition) is 5. The molecule has 0 radical (unpaired) electrons. The average molecular weight is 427 g/mol. The van der Waals surface area contributed by atoms with Crippen molar-refractivity contribution in [3.05, 3.63) is 29.8 Å². The molecule has 0 aromatic heterocycles. The first-order valence-corrected chi connectivity index (χ1v) is 14.0. The van der Waals surface area contributed by atoms with E-state index in [4.69, 9.17) is 13.7 Å². The van der Waals surface area contributed by atoms with Crippen LogP contribution in [0.2, 0.25) is 18.1 Å². The second kappa shape index (κ2) is 11.1. The normalized spacial score (nSPS) is 12.5. The summed E-state index contributed by atoms with van der Waals surface area (Å²) >= 11 is 0. The molecule has 0 saturated heterocycles. The lowest BCUT2D eigenvalue weighted by atomic mass is 10.2. The van der Waals surface area contributed by atoms with Crippen LogP contribution < -0.4 is 0 Å². The number of rotatable bonds is 10. The first kappa shape index (κ1) is 24.9. The zero-order valence-electron chi connectivity index (χ0n) is 18.0. The monoisotopic (exact) mass is 426 g/mol. The molecule has 0 fully saturated rings. The first-order chi connectivity index (χ1) is 13.0. The Morgan fingerprint density at radius 1 is 0.929 bits per heavy atom. The van der Waals surface area contributed by atoms with Crippen molar-refractivity contribution in [1.29, 1.82) is 0 Å². The Bertz CT molecular complexity index is 753. The second-order valence-electron chi connectivity index (χ2n) is 8.24. The third kappa shape index (κ3) is 8.89. The molecule has 1 rings (SSSR count). The van der Waals surface area contributed by atoms with Crippen LogP contribution in [0.15, 0.2) is 29.2 Å². The van der Waals surface area contributed by atoms with Gasteiger partial charge in [-0.25, -0.2) is 0 Å². The van der Waals surface area contributed by atoms with Crippen molar-refractivity contribution < 1.29 is 22.1 Å². The van der Waals surface area contributed by atoms with Crippen molar-refractivity contribution in [3.63, 3.8) is 0 Å². The van der Waals surface area contributed by atoms with Crippen molar-refractivity contribution >= 4 is 18.2 Å². The van der Waals surface area contributed by atoms with E-state index in [1.54, 1.807) is 12.1 Å². The minimum atomic E-state index is -3.73. The van der Waals surface area contributed by atoms with Gasteiger partial charge in [0.2, 0.25) is 0 Å². The zero-order valence-corrected chi connectivity index (χ0v) is 19.8. The predicted molar refractivity (Wildman–Crippen MR) is 116 cm³/mol. The molecule has 0 amide bonds. The highest BCUT2D eigenvalue weighted by atomic mass is 32.2. The van der Waals surface area contributed by atoms with Gasteiger partial charge in [0.1, 0.15) is 8.07 Å². The molecule has 158 valence electrons. The molecule has 0 aliphatic carbocycles. The van der Waals surface area contributed by atoms with E-state index in [0.29, 0.717) is 26.2 Å². The van der Waals surface area contributed by atoms with Gasteiger partial charge in [-0.15, -0.1) is 11.5 Å². The number of hydrogen-bond donors (Lipinski definition) is 0. The topological polar surface area (TPSA) is 61.8 Å². The van der Waals surface area contributed by atoms with Gasteiger partial charge in [-0.05, 0) is 24.1 Å². The van der Waals surface area contributed by atoms with E-state index >= 15 is 0 Å². The maximum absolute atomic E-state index is 12.0. The summed E-state index contributed by atoms with van der Waals surface area (Å²) in [4.78, 5) is 0.153. The average Bonchev–Trinajstić information content (AvgIpc) is 2.59. The molecule has 7 heteroatoms. The van der Waals surface area contributed by atoms with Crippen molar-refractivity contribution in [3.8, 4) is 11.5 Å². The van der Waals surface area contributed by atoms with Gasteiger partial charge < -0.3 is 9.47 Å². The van der Waals surface area contributed by atoms with Crippen LogP contribution in [-0.2, 0) is 23.8 Å². The van der Waals surface area contributed by atoms with E-state index in [1.165, 1.54) is 12.1 Å². The van der Waals surface area contributed by atoms with Crippen LogP contribution in [0.5, 0.6) is 0 Å². The van der Waals surface area contributed by atoms with E-state index in [9.17, 15) is 8.42 Å². The summed E-state index contributed by atoms with van der Waals surface area (Å²) in [6, 6.07) is 6.54. The lowest BCUT2D eigenvalue weighted by Gasteiger charge is -2.31. The minimum absolute atomic E-state index is 0.0196. The van der Waals surface area contributed by atoms with Crippen LogP contribution in [-0.4, -0.2) is 49.5 Å². The smallest absolute Gasteiger partial charge is 0.297 e. The minimum Gasteiger partial charge on any atom is -0.378 e. The lowest BCUT2D eigenvalue weighted by Crippen LogP contribution is -2.35. The lowest BCUT2D eigenvalue weighted by molar-refractivity contribution is 0.0389. The summed E-state index contributed by atoms with van der Waals surface area (Å²) in [5, 5.41) is 0.268. The third-order valence-electron chi connectivity index (χ3n) is 4.80. The summed E-state index contributed by atoms with van der Waals surface area (Å²) in [5.74, 6) is 3.24. The van der Waals surface area contributed by atoms with Crippen molar-refractivity contribution in [2.45, 2.75) is 57.1 Å². The summed E-state index contributed by atoms with van der Waals surface area (Å²) in [5.41, 5.74) is 4.45. The SMILES string of the molecule is Cc1ccc(S(=O)(=O)OCCOCCOCCC#C[Si](C)(C)C(C)(C)C)cc1. The quantitative estimate of drug-likeness (QED) is 0.243. The summed E-state index contributed by atoms with van der Waals surface area (Å²) < 4.78 is 39.8. The molecule has 1 aromatic rings. The van der Waals surface area contributed by atoms with Crippen molar-refractivity contribution in [2.24, 2.45) is 0 Å². The van der Waals surface area contributed by atoms with Crippen LogP contribution in [0.1, 0.15) is 32.8 Å². The second-order valence-corrected chi connectivity index (χ2v) is 14.9. The maximum atomic E-state index is 12.0. The van der Waals surface area contributed by atoms with Gasteiger partial charge in [0, 0.05) is 6.42 Å². The third-order valence-corrected chi connectivity index (χ3v) is 10.7. The molecule has 0 N–H and O–H groups in total. The molecule has 0 atom stereocenters. The van der Waals surface area contributed by atoms with Gasteiger partial charge in [0.25, 0.3) is 10.1 Å². The van der Waals surface area contributed by atoms with Gasteiger partial charge in [0.05, 0.1) is 37.9 Å². The van der Waals surface area contributed by atoms with Gasteiger partial charge >= 0.3 is 0 Å².